The molecule has 0 saturated carbocycles. The van der Waals surface area contributed by atoms with Crippen LogP contribution >= 0.6 is 0 Å². The van der Waals surface area contributed by atoms with Crippen molar-refractivity contribution in [1.29, 1.82) is 0 Å². The number of carbonyl (C=O) groups is 1. The fourth-order valence-electron chi connectivity index (χ4n) is 5.94. The number of aromatic nitrogens is 3. The number of hydrogen-bond donors (Lipinski definition) is 6. The second-order valence-electron chi connectivity index (χ2n) is 11.5. The maximum atomic E-state index is 15.4. The molecule has 0 unspecified atom stereocenters. The van der Waals surface area contributed by atoms with Crippen molar-refractivity contribution in [3.8, 4) is 0 Å². The Morgan fingerprint density at radius 1 is 1.02 bits per heavy atom. The molecule has 1 amide bonds. The lowest BCUT2D eigenvalue weighted by molar-refractivity contribution is -0.274. The van der Waals surface area contributed by atoms with Gasteiger partial charge in [0.05, 0.1) is 17.9 Å². The fourth-order valence-corrected chi connectivity index (χ4v) is 8.53. The van der Waals surface area contributed by atoms with Gasteiger partial charge in [-0.05, 0) is 56.0 Å². The van der Waals surface area contributed by atoms with E-state index < -0.39 is 45.0 Å². The second kappa shape index (κ2) is 13.3. The summed E-state index contributed by atoms with van der Waals surface area (Å²) in [7, 11) is -3.02. The van der Waals surface area contributed by atoms with Gasteiger partial charge in [0.1, 0.15) is 18.3 Å². The van der Waals surface area contributed by atoms with E-state index in [0.717, 1.165) is 5.56 Å². The van der Waals surface area contributed by atoms with Crippen molar-refractivity contribution in [2.75, 3.05) is 11.9 Å². The van der Waals surface area contributed by atoms with Crippen LogP contribution in [0.1, 0.15) is 31.0 Å². The molecule has 41 heavy (non-hydrogen) atoms. The van der Waals surface area contributed by atoms with E-state index in [0.29, 0.717) is 43.6 Å². The van der Waals surface area contributed by atoms with Crippen molar-refractivity contribution in [3.63, 3.8) is 0 Å². The summed E-state index contributed by atoms with van der Waals surface area (Å²) >= 11 is 0. The van der Waals surface area contributed by atoms with Crippen LogP contribution in [0.4, 0.5) is 9.80 Å². The van der Waals surface area contributed by atoms with Crippen LogP contribution in [0.5, 0.6) is 0 Å². The first-order valence-corrected chi connectivity index (χ1v) is 17.0. The van der Waals surface area contributed by atoms with Gasteiger partial charge in [-0.1, -0.05) is 24.3 Å². The van der Waals surface area contributed by atoms with E-state index >= 15 is 4.11 Å². The average Bonchev–Trinajstić information content (AvgIpc) is 3.51. The molecule has 2 aliphatic heterocycles. The lowest BCUT2D eigenvalue weighted by Crippen LogP contribution is -2.60. The van der Waals surface area contributed by atoms with E-state index in [2.05, 4.69) is 22.6 Å². The maximum absolute atomic E-state index is 15.4. The third kappa shape index (κ3) is 7.56. The molecule has 2 aliphatic rings. The van der Waals surface area contributed by atoms with E-state index in [-0.39, 0.29) is 30.3 Å². The Hall–Kier alpha value is -2.30. The number of hydrogen-bond acceptors (Lipinski definition) is 10. The Labute approximate surface area is 239 Å². The Balaban J connectivity index is 1.31. The van der Waals surface area contributed by atoms with Gasteiger partial charge in [-0.3, -0.25) is 9.48 Å². The number of amides is 1. The first-order valence-electron chi connectivity index (χ1n) is 14.0. The molecule has 4 rings (SSSR count). The van der Waals surface area contributed by atoms with Crippen LogP contribution in [-0.4, -0.2) is 104 Å². The molecule has 1 aromatic heterocycles. The van der Waals surface area contributed by atoms with Gasteiger partial charge in [0.25, 0.3) is 5.91 Å². The quantitative estimate of drug-likeness (QED) is 0.158. The molecule has 12 nitrogen and oxygen atoms in total. The molecule has 2 aromatic rings. The predicted molar refractivity (Wildman–Crippen MR) is 148 cm³/mol. The Morgan fingerprint density at radius 2 is 1.73 bits per heavy atom. The van der Waals surface area contributed by atoms with Crippen molar-refractivity contribution < 1.29 is 43.9 Å². The van der Waals surface area contributed by atoms with Crippen molar-refractivity contribution >= 4 is 20.0 Å². The van der Waals surface area contributed by atoms with Gasteiger partial charge in [-0.2, -0.15) is 0 Å². The molecular formula is C27H41FN4O8Si. The van der Waals surface area contributed by atoms with E-state index in [1.165, 1.54) is 0 Å². The average molecular weight is 597 g/mol. The third-order valence-corrected chi connectivity index (χ3v) is 10.6. The summed E-state index contributed by atoms with van der Waals surface area (Å²) < 4.78 is 28.5. The van der Waals surface area contributed by atoms with Crippen molar-refractivity contribution in [1.82, 2.24) is 15.0 Å². The number of nitrogens with zero attached hydrogens (tertiary/aromatic N) is 3. The molecule has 1 aromatic carbocycles. The summed E-state index contributed by atoms with van der Waals surface area (Å²) in [6.45, 7) is 6.08. The molecule has 228 valence electrons. The molecular weight excluding hydrogens is 555 g/mol. The molecule has 14 heteroatoms. The summed E-state index contributed by atoms with van der Waals surface area (Å²) in [6, 6.07) is 7.07. The molecule has 0 radical (unpaired) electrons. The molecule has 0 aliphatic carbocycles. The zero-order valence-electron chi connectivity index (χ0n) is 23.5. The first-order chi connectivity index (χ1) is 19.4. The molecule has 0 spiro atoms. The minimum atomic E-state index is -3.02. The normalized spacial score (nSPS) is 32.3. The smallest absolute Gasteiger partial charge is 0.256 e. The number of nitrogens with one attached hydrogen (secondary N) is 1. The van der Waals surface area contributed by atoms with Crippen LogP contribution in [0.3, 0.4) is 0 Å². The molecule has 2 fully saturated rings. The largest absolute Gasteiger partial charge is 0.396 e. The number of aryl methyl sites for hydroxylation is 2. The monoisotopic (exact) mass is 596 g/mol. The number of halogens is 1. The zero-order valence-corrected chi connectivity index (χ0v) is 24.5. The van der Waals surface area contributed by atoms with Crippen LogP contribution in [0, 0.1) is 5.92 Å². The Bertz CT molecular complexity index is 1150. The Kier molecular flexibility index (Phi) is 10.3. The van der Waals surface area contributed by atoms with Crippen molar-refractivity contribution in [2.24, 2.45) is 5.92 Å². The van der Waals surface area contributed by atoms with Gasteiger partial charge in [0.15, 0.2) is 12.4 Å². The van der Waals surface area contributed by atoms with Gasteiger partial charge in [0.2, 0.25) is 8.41 Å². The lowest BCUT2D eigenvalue weighted by Gasteiger charge is -2.37. The minimum absolute atomic E-state index is 0.00600. The number of anilines is 1. The van der Waals surface area contributed by atoms with Crippen LogP contribution in [-0.2, 0) is 33.7 Å². The molecule has 0 bridgehead atoms. The van der Waals surface area contributed by atoms with E-state index in [9.17, 15) is 25.2 Å². The topological polar surface area (TPSA) is 179 Å². The summed E-state index contributed by atoms with van der Waals surface area (Å²) in [6.07, 6.45) is -4.59. The summed E-state index contributed by atoms with van der Waals surface area (Å²) in [4.78, 5) is 12.6. The number of aliphatic hydroxyl groups excluding tert-OH is 5. The van der Waals surface area contributed by atoms with Gasteiger partial charge in [-0.25, -0.2) is 0 Å². The van der Waals surface area contributed by atoms with Crippen molar-refractivity contribution in [3.05, 3.63) is 41.7 Å². The summed E-state index contributed by atoms with van der Waals surface area (Å²) in [5, 5.41) is 59.0. The van der Waals surface area contributed by atoms with E-state index in [1.807, 2.05) is 12.1 Å². The van der Waals surface area contributed by atoms with Crippen LogP contribution < -0.4 is 5.32 Å². The lowest BCUT2D eigenvalue weighted by atomic mass is 9.95. The fraction of sp³-hybridized carbons (Fsp3) is 0.667. The highest BCUT2D eigenvalue weighted by Gasteiger charge is 2.51. The summed E-state index contributed by atoms with van der Waals surface area (Å²) in [5.41, 5.74) is 1.99. The predicted octanol–water partition coefficient (Wildman–Crippen LogP) is 0.523. The molecule has 9 atom stereocenters. The number of ether oxygens (including phenoxy) is 2. The number of rotatable bonds is 11. The van der Waals surface area contributed by atoms with Gasteiger partial charge in [0, 0.05) is 37.0 Å². The number of aliphatic hydroxyl groups is 5. The second-order valence-corrected chi connectivity index (χ2v) is 15.3. The van der Waals surface area contributed by atoms with E-state index in [1.54, 1.807) is 36.1 Å². The molecule has 2 saturated heterocycles. The first kappa shape index (κ1) is 31.6. The van der Waals surface area contributed by atoms with Gasteiger partial charge >= 0.3 is 0 Å². The highest BCUT2D eigenvalue weighted by atomic mass is 28.4. The zero-order chi connectivity index (χ0) is 29.9. The minimum Gasteiger partial charge on any atom is -0.396 e. The summed E-state index contributed by atoms with van der Waals surface area (Å²) in [5.74, 6) is -0.717. The SMILES string of the molecule is C[C@@H]1[C@@H]([Si](C)(C)F)[C@H](CCn2cc(CCO)nn2)O[C@@H]1CCc1ccc(NC(=O)[C@H]2O[C@@H](O)[C@H](O)[C@@H](O)[C@@H]2O)cc1. The molecule has 3 heterocycles. The van der Waals surface area contributed by atoms with Crippen LogP contribution in [0.15, 0.2) is 30.5 Å². The highest BCUT2D eigenvalue weighted by Crippen LogP contribution is 2.47. The molecule has 6 N–H and O–H groups in total. The standard InChI is InChI=1S/C27H41FN4O8Si/c1-15-19(39-20(25(15)41(2,3)28)10-12-32-14-18(11-13-33)30-31-32)9-6-16-4-7-17(8-5-16)29-26(37)24-22(35)21(34)23(36)27(38)40-24/h4-5,7-8,14-15,19-25,27,33-36,38H,6,9-13H2,1-3H3,(H,29,37)/t15-,19+,20-,21-,22-,23+,24-,25+,27+/m0/s1. The van der Waals surface area contributed by atoms with Crippen LogP contribution in [0.2, 0.25) is 18.6 Å². The van der Waals surface area contributed by atoms with E-state index in [4.69, 9.17) is 14.6 Å². The number of carbonyl (C=O) groups excluding carboxylic acids is 1. The maximum Gasteiger partial charge on any atom is 0.256 e. The van der Waals surface area contributed by atoms with Crippen LogP contribution in [0.25, 0.3) is 0 Å². The van der Waals surface area contributed by atoms with Crippen molar-refractivity contribution in [2.45, 2.75) is 101 Å². The van der Waals surface area contributed by atoms with Gasteiger partial charge < -0.3 is 44.4 Å². The number of benzene rings is 1. The highest BCUT2D eigenvalue weighted by molar-refractivity contribution is 6.72. The Morgan fingerprint density at radius 3 is 2.39 bits per heavy atom. The third-order valence-electron chi connectivity index (χ3n) is 8.08. The van der Waals surface area contributed by atoms with Gasteiger partial charge in [-0.15, -0.1) is 5.10 Å².